The first kappa shape index (κ1) is 26.3. The smallest absolute Gasteiger partial charge is 0.280 e. The maximum atomic E-state index is 13.5. The Morgan fingerprint density at radius 3 is 2.34 bits per heavy atom. The van der Waals surface area contributed by atoms with Gasteiger partial charge in [-0.2, -0.15) is 0 Å². The van der Waals surface area contributed by atoms with Crippen molar-refractivity contribution in [1.29, 1.82) is 0 Å². The van der Waals surface area contributed by atoms with Crippen LogP contribution >= 0.6 is 0 Å². The highest BCUT2D eigenvalue weighted by Crippen LogP contribution is 2.41. The predicted octanol–water partition coefficient (Wildman–Crippen LogP) is 5.57. The molecule has 10 heteroatoms. The molecular weight excluding hydrogens is 493 g/mol. The van der Waals surface area contributed by atoms with Crippen LogP contribution in [0.25, 0.3) is 33.4 Å². The first-order valence-corrected chi connectivity index (χ1v) is 11.8. The van der Waals surface area contributed by atoms with E-state index in [0.717, 1.165) is 0 Å². The molecule has 2 N–H and O–H groups in total. The zero-order valence-corrected chi connectivity index (χ0v) is 21.3. The molecule has 0 atom stereocenters. The van der Waals surface area contributed by atoms with E-state index in [9.17, 15) is 24.1 Å². The van der Waals surface area contributed by atoms with Gasteiger partial charge in [0, 0.05) is 24.5 Å². The molecular formula is C28H26FN3O6. The summed E-state index contributed by atoms with van der Waals surface area (Å²) in [7, 11) is 2.86. The third kappa shape index (κ3) is 5.06. The van der Waals surface area contributed by atoms with Crippen LogP contribution in [0.2, 0.25) is 0 Å². The second kappa shape index (κ2) is 10.7. The molecule has 2 amide bonds. The van der Waals surface area contributed by atoms with Gasteiger partial charge >= 0.3 is 0 Å². The molecule has 0 bridgehead atoms. The number of benzene rings is 3. The molecule has 3 aromatic carbocycles. The van der Waals surface area contributed by atoms with Crippen molar-refractivity contribution in [2.75, 3.05) is 20.7 Å². The van der Waals surface area contributed by atoms with Crippen LogP contribution in [0, 0.1) is 21.8 Å². The van der Waals surface area contributed by atoms with E-state index in [1.54, 1.807) is 12.1 Å². The second-order valence-corrected chi connectivity index (χ2v) is 9.03. The Labute approximate surface area is 217 Å². The van der Waals surface area contributed by atoms with Crippen LogP contribution in [0.1, 0.15) is 34.6 Å². The van der Waals surface area contributed by atoms with Crippen LogP contribution in [0.5, 0.6) is 5.75 Å². The molecule has 4 aromatic rings. The molecule has 1 aromatic heterocycles. The zero-order chi connectivity index (χ0) is 27.6. The zero-order valence-electron chi connectivity index (χ0n) is 21.3. The number of furan rings is 1. The van der Waals surface area contributed by atoms with Gasteiger partial charge in [-0.3, -0.25) is 19.7 Å². The summed E-state index contributed by atoms with van der Waals surface area (Å²) in [6, 6.07) is 12.8. The lowest BCUT2D eigenvalue weighted by Gasteiger charge is -2.13. The minimum atomic E-state index is -0.551. The molecule has 1 heterocycles. The minimum absolute atomic E-state index is 0.120. The number of rotatable bonds is 8. The molecule has 0 saturated heterocycles. The number of hydrogen-bond acceptors (Lipinski definition) is 6. The van der Waals surface area contributed by atoms with Crippen molar-refractivity contribution in [3.8, 4) is 28.2 Å². The number of nitrogens with one attached hydrogen (secondary N) is 2. The fourth-order valence-corrected chi connectivity index (χ4v) is 4.11. The van der Waals surface area contributed by atoms with Gasteiger partial charge in [-0.1, -0.05) is 19.9 Å². The van der Waals surface area contributed by atoms with E-state index in [4.69, 9.17) is 9.15 Å². The molecule has 0 spiro atoms. The highest BCUT2D eigenvalue weighted by atomic mass is 19.1. The Bertz CT molecular complexity index is 1540. The van der Waals surface area contributed by atoms with Gasteiger partial charge in [0.1, 0.15) is 22.9 Å². The maximum Gasteiger partial charge on any atom is 0.280 e. The summed E-state index contributed by atoms with van der Waals surface area (Å²) in [6.07, 6.45) is 0. The fourth-order valence-electron chi connectivity index (χ4n) is 4.11. The van der Waals surface area contributed by atoms with Crippen molar-refractivity contribution in [2.45, 2.75) is 13.8 Å². The monoisotopic (exact) mass is 519 g/mol. The van der Waals surface area contributed by atoms with Gasteiger partial charge in [0.2, 0.25) is 0 Å². The summed E-state index contributed by atoms with van der Waals surface area (Å²) < 4.78 is 24.8. The Morgan fingerprint density at radius 1 is 1.05 bits per heavy atom. The van der Waals surface area contributed by atoms with Crippen molar-refractivity contribution in [3.63, 3.8) is 0 Å². The lowest BCUT2D eigenvalue weighted by molar-refractivity contribution is -0.384. The average molecular weight is 520 g/mol. The van der Waals surface area contributed by atoms with Gasteiger partial charge in [-0.25, -0.2) is 4.39 Å². The summed E-state index contributed by atoms with van der Waals surface area (Å²) in [6.45, 7) is 4.42. The van der Waals surface area contributed by atoms with Crippen LogP contribution in [-0.2, 0) is 0 Å². The number of halogens is 1. The van der Waals surface area contributed by atoms with Crippen LogP contribution in [0.15, 0.2) is 59.0 Å². The fraction of sp³-hybridized carbons (Fsp3) is 0.214. The van der Waals surface area contributed by atoms with Gasteiger partial charge in [-0.15, -0.1) is 0 Å². The van der Waals surface area contributed by atoms with Crippen molar-refractivity contribution >= 4 is 28.5 Å². The van der Waals surface area contributed by atoms with Crippen molar-refractivity contribution in [3.05, 3.63) is 81.7 Å². The number of fused-ring (bicyclic) bond motifs is 1. The summed E-state index contributed by atoms with van der Waals surface area (Å²) in [5.41, 5.74) is 1.34. The molecule has 0 radical (unpaired) electrons. The number of carbonyl (C=O) groups is 2. The molecule has 0 fully saturated rings. The Kier molecular flexibility index (Phi) is 7.43. The van der Waals surface area contributed by atoms with Crippen LogP contribution in [0.3, 0.4) is 0 Å². The van der Waals surface area contributed by atoms with Gasteiger partial charge in [-0.05, 0) is 53.9 Å². The quantitative estimate of drug-likeness (QED) is 0.232. The largest absolute Gasteiger partial charge is 0.496 e. The van der Waals surface area contributed by atoms with Crippen LogP contribution in [-0.4, -0.2) is 37.4 Å². The molecule has 0 aliphatic rings. The molecule has 38 heavy (non-hydrogen) atoms. The molecule has 0 aliphatic heterocycles. The SMILES string of the molecule is CNC(=O)c1c(-c2ccc(F)cc2)oc2cc([N+](=O)[O-])c(-c3ccc(C(=O)NCC(C)C)c(OC)c3)cc12. The van der Waals surface area contributed by atoms with Crippen LogP contribution < -0.4 is 15.4 Å². The van der Waals surface area contributed by atoms with Crippen molar-refractivity contribution < 1.29 is 28.1 Å². The van der Waals surface area contributed by atoms with E-state index in [-0.39, 0.29) is 51.3 Å². The summed E-state index contributed by atoms with van der Waals surface area (Å²) in [5.74, 6) is -0.614. The highest BCUT2D eigenvalue weighted by Gasteiger charge is 2.27. The molecule has 0 aliphatic carbocycles. The van der Waals surface area contributed by atoms with Gasteiger partial charge in [0.05, 0.1) is 34.8 Å². The standard InChI is InChI=1S/C28H26FN3O6/c1-15(2)14-31-27(33)19-10-7-17(11-23(19)37-4)20-12-21-24(13-22(20)32(35)36)38-26(25(21)28(34)30-3)16-5-8-18(29)9-6-16/h5-13,15H,14H2,1-4H3,(H,30,34)(H,31,33). The third-order valence-electron chi connectivity index (χ3n) is 5.99. The van der Waals surface area contributed by atoms with E-state index in [0.29, 0.717) is 23.1 Å². The number of hydrogen-bond donors (Lipinski definition) is 2. The van der Waals surface area contributed by atoms with E-state index >= 15 is 0 Å². The first-order chi connectivity index (χ1) is 18.1. The van der Waals surface area contributed by atoms with Gasteiger partial charge in [0.15, 0.2) is 0 Å². The number of methoxy groups -OCH3 is 1. The normalized spacial score (nSPS) is 11.0. The minimum Gasteiger partial charge on any atom is -0.496 e. The maximum absolute atomic E-state index is 13.5. The molecule has 196 valence electrons. The van der Waals surface area contributed by atoms with E-state index in [1.807, 2.05) is 13.8 Å². The Balaban J connectivity index is 1.91. The van der Waals surface area contributed by atoms with Crippen molar-refractivity contribution in [1.82, 2.24) is 10.6 Å². The average Bonchev–Trinajstić information content (AvgIpc) is 3.29. The van der Waals surface area contributed by atoms with Gasteiger partial charge in [0.25, 0.3) is 17.5 Å². The molecule has 9 nitrogen and oxygen atoms in total. The Hall–Kier alpha value is -4.73. The predicted molar refractivity (Wildman–Crippen MR) is 141 cm³/mol. The Morgan fingerprint density at radius 2 is 1.74 bits per heavy atom. The van der Waals surface area contributed by atoms with Crippen molar-refractivity contribution in [2.24, 2.45) is 5.92 Å². The summed E-state index contributed by atoms with van der Waals surface area (Å²) >= 11 is 0. The topological polar surface area (TPSA) is 124 Å². The van der Waals surface area contributed by atoms with E-state index < -0.39 is 16.6 Å². The van der Waals surface area contributed by atoms with E-state index in [2.05, 4.69) is 10.6 Å². The highest BCUT2D eigenvalue weighted by molar-refractivity contribution is 6.12. The number of nitro groups is 1. The first-order valence-electron chi connectivity index (χ1n) is 11.8. The van der Waals surface area contributed by atoms with Crippen LogP contribution in [0.4, 0.5) is 10.1 Å². The number of nitro benzene ring substituents is 1. The lowest BCUT2D eigenvalue weighted by Crippen LogP contribution is -2.27. The molecule has 0 unspecified atom stereocenters. The lowest BCUT2D eigenvalue weighted by atomic mass is 9.97. The number of carbonyl (C=O) groups excluding carboxylic acids is 2. The molecule has 0 saturated carbocycles. The number of amides is 2. The summed E-state index contributed by atoms with van der Waals surface area (Å²) in [5, 5.41) is 17.8. The third-order valence-corrected chi connectivity index (χ3v) is 5.99. The van der Waals surface area contributed by atoms with Gasteiger partial charge < -0.3 is 19.8 Å². The summed E-state index contributed by atoms with van der Waals surface area (Å²) in [4.78, 5) is 37.1. The number of ether oxygens (including phenoxy) is 1. The number of nitrogens with zero attached hydrogens (tertiary/aromatic N) is 1. The second-order valence-electron chi connectivity index (χ2n) is 9.03. The van der Waals surface area contributed by atoms with E-state index in [1.165, 1.54) is 56.6 Å². The molecule has 4 rings (SSSR count).